The zero-order valence-corrected chi connectivity index (χ0v) is 23.6. The summed E-state index contributed by atoms with van der Waals surface area (Å²) in [6.45, 7) is 0. The van der Waals surface area contributed by atoms with Crippen LogP contribution in [0.25, 0.3) is 83.2 Å². The van der Waals surface area contributed by atoms with E-state index in [1.165, 1.54) is 10.8 Å². The topological polar surface area (TPSA) is 59.4 Å². The Bertz CT molecular complexity index is 2450. The molecule has 0 bridgehead atoms. The van der Waals surface area contributed by atoms with Crippen LogP contribution in [0.1, 0.15) is 0 Å². The van der Waals surface area contributed by atoms with E-state index >= 15 is 0 Å². The van der Waals surface area contributed by atoms with Gasteiger partial charge in [0.25, 0.3) is 0 Å². The van der Waals surface area contributed by atoms with Crippen LogP contribution >= 0.6 is 0 Å². The second kappa shape index (κ2) is 9.75. The van der Waals surface area contributed by atoms with Crippen molar-refractivity contribution >= 4 is 43.9 Å². The number of nitrogens with one attached hydrogen (secondary N) is 1. The summed E-state index contributed by atoms with van der Waals surface area (Å²) in [6, 6.07) is 46.5. The molecule has 0 aliphatic rings. The van der Waals surface area contributed by atoms with Crippen molar-refractivity contribution in [3.8, 4) is 39.3 Å². The molecule has 0 saturated heterocycles. The van der Waals surface area contributed by atoms with Crippen LogP contribution in [0.15, 0.2) is 146 Å². The van der Waals surface area contributed by atoms with E-state index in [9.17, 15) is 0 Å². The molecule has 5 heterocycles. The molecule has 0 aliphatic carbocycles. The lowest BCUT2D eigenvalue weighted by molar-refractivity contribution is 1.10. The minimum atomic E-state index is 0.885. The molecule has 9 rings (SSSR count). The summed E-state index contributed by atoms with van der Waals surface area (Å²) in [4.78, 5) is 18.5. The molecule has 5 nitrogen and oxygen atoms in total. The molecule has 0 amide bonds. The molecule has 0 atom stereocenters. The van der Waals surface area contributed by atoms with Gasteiger partial charge in [-0.05, 0) is 65.7 Å². The minimum Gasteiger partial charge on any atom is -0.354 e. The Hall–Kier alpha value is -6.07. The maximum atomic E-state index is 5.31. The van der Waals surface area contributed by atoms with Gasteiger partial charge in [0.1, 0.15) is 11.3 Å². The normalized spacial score (nSPS) is 11.6. The SMILES string of the molecule is c1ccc(-c2cc(-c3cccc(-n4c5ncccc5c5cccnc54)c3)nc(-c3cccc4c3[nH]c3ccccc34)c2)cc1. The molecule has 5 aromatic heterocycles. The molecule has 0 unspecified atom stereocenters. The molecule has 206 valence electrons. The van der Waals surface area contributed by atoms with E-state index in [1.807, 2.05) is 24.5 Å². The zero-order chi connectivity index (χ0) is 29.0. The third kappa shape index (κ3) is 3.83. The van der Waals surface area contributed by atoms with Gasteiger partial charge in [-0.25, -0.2) is 15.0 Å². The van der Waals surface area contributed by atoms with E-state index in [1.54, 1.807) is 0 Å². The summed E-state index contributed by atoms with van der Waals surface area (Å²) in [5, 5.41) is 4.57. The molecule has 9 aromatic rings. The smallest absolute Gasteiger partial charge is 0.146 e. The highest BCUT2D eigenvalue weighted by atomic mass is 15.1. The lowest BCUT2D eigenvalue weighted by Gasteiger charge is -2.13. The van der Waals surface area contributed by atoms with E-state index in [2.05, 4.69) is 131 Å². The van der Waals surface area contributed by atoms with Crippen molar-refractivity contribution in [3.63, 3.8) is 0 Å². The highest BCUT2D eigenvalue weighted by molar-refractivity contribution is 6.11. The largest absolute Gasteiger partial charge is 0.354 e. The molecular formula is C39H25N5. The summed E-state index contributed by atoms with van der Waals surface area (Å²) in [5.74, 6) is 0. The highest BCUT2D eigenvalue weighted by Crippen LogP contribution is 2.37. The van der Waals surface area contributed by atoms with Crippen LogP contribution < -0.4 is 0 Å². The maximum Gasteiger partial charge on any atom is 0.146 e. The van der Waals surface area contributed by atoms with Crippen molar-refractivity contribution < 1.29 is 0 Å². The number of hydrogen-bond acceptors (Lipinski definition) is 3. The standard InChI is InChI=1S/C39H25N5/c1-2-10-25(11-3-1)27-23-35(42-36(24-27)33-16-7-15-30-29-14-4-5-19-34(29)43-37(30)33)26-12-6-13-28(22-26)44-38-31(17-8-20-40-38)32-18-9-21-41-39(32)44/h1-24,43H. The summed E-state index contributed by atoms with van der Waals surface area (Å²) in [5.41, 5.74) is 11.2. The third-order valence-electron chi connectivity index (χ3n) is 8.44. The molecular weight excluding hydrogens is 538 g/mol. The molecule has 5 heteroatoms. The van der Waals surface area contributed by atoms with Crippen LogP contribution in [0.2, 0.25) is 0 Å². The molecule has 0 radical (unpaired) electrons. The number of pyridine rings is 3. The van der Waals surface area contributed by atoms with Crippen LogP contribution in [0.4, 0.5) is 0 Å². The molecule has 4 aromatic carbocycles. The number of aromatic amines is 1. The van der Waals surface area contributed by atoms with Crippen molar-refractivity contribution in [2.75, 3.05) is 0 Å². The number of H-pyrrole nitrogens is 1. The number of para-hydroxylation sites is 2. The Kier molecular flexibility index (Phi) is 5.43. The van der Waals surface area contributed by atoms with Crippen LogP contribution in [0.5, 0.6) is 0 Å². The van der Waals surface area contributed by atoms with Crippen molar-refractivity contribution in [2.45, 2.75) is 0 Å². The summed E-state index contributed by atoms with van der Waals surface area (Å²) >= 11 is 0. The van der Waals surface area contributed by atoms with Gasteiger partial charge < -0.3 is 4.98 Å². The number of hydrogen-bond donors (Lipinski definition) is 1. The molecule has 0 saturated carbocycles. The first-order valence-corrected chi connectivity index (χ1v) is 14.7. The van der Waals surface area contributed by atoms with E-state index < -0.39 is 0 Å². The lowest BCUT2D eigenvalue weighted by Crippen LogP contribution is -1.98. The lowest BCUT2D eigenvalue weighted by atomic mass is 9.99. The number of benzene rings is 4. The summed E-state index contributed by atoms with van der Waals surface area (Å²) in [6.07, 6.45) is 3.67. The molecule has 1 N–H and O–H groups in total. The van der Waals surface area contributed by atoms with Crippen molar-refractivity contribution in [2.24, 2.45) is 0 Å². The number of aromatic nitrogens is 5. The maximum absolute atomic E-state index is 5.31. The quantitative estimate of drug-likeness (QED) is 0.232. The molecule has 44 heavy (non-hydrogen) atoms. The Morgan fingerprint density at radius 1 is 0.477 bits per heavy atom. The van der Waals surface area contributed by atoms with Crippen molar-refractivity contribution in [1.82, 2.24) is 24.5 Å². The van der Waals surface area contributed by atoms with Gasteiger partial charge in [0.15, 0.2) is 0 Å². The number of nitrogens with zero attached hydrogens (tertiary/aromatic N) is 4. The monoisotopic (exact) mass is 563 g/mol. The Balaban J connectivity index is 1.27. The molecule has 0 spiro atoms. The fraction of sp³-hybridized carbons (Fsp3) is 0. The second-order valence-electron chi connectivity index (χ2n) is 11.0. The van der Waals surface area contributed by atoms with Crippen LogP contribution in [0.3, 0.4) is 0 Å². The van der Waals surface area contributed by atoms with Crippen LogP contribution in [0, 0.1) is 0 Å². The highest BCUT2D eigenvalue weighted by Gasteiger charge is 2.17. The number of fused-ring (bicyclic) bond motifs is 6. The Labute approximate surface area is 253 Å². The molecule has 0 fully saturated rings. The van der Waals surface area contributed by atoms with E-state index in [0.29, 0.717) is 0 Å². The van der Waals surface area contributed by atoms with Crippen molar-refractivity contribution in [1.29, 1.82) is 0 Å². The summed E-state index contributed by atoms with van der Waals surface area (Å²) in [7, 11) is 0. The van der Waals surface area contributed by atoms with Gasteiger partial charge in [0, 0.05) is 56.3 Å². The molecule has 0 aliphatic heterocycles. The van der Waals surface area contributed by atoms with Gasteiger partial charge in [-0.3, -0.25) is 4.57 Å². The summed E-state index contributed by atoms with van der Waals surface area (Å²) < 4.78 is 2.14. The third-order valence-corrected chi connectivity index (χ3v) is 8.44. The zero-order valence-electron chi connectivity index (χ0n) is 23.6. The van der Waals surface area contributed by atoms with E-state index in [4.69, 9.17) is 15.0 Å². The van der Waals surface area contributed by atoms with Gasteiger partial charge in [-0.1, -0.05) is 78.9 Å². The van der Waals surface area contributed by atoms with Crippen molar-refractivity contribution in [3.05, 3.63) is 146 Å². The first kappa shape index (κ1) is 24.5. The minimum absolute atomic E-state index is 0.885. The van der Waals surface area contributed by atoms with Gasteiger partial charge in [0.05, 0.1) is 16.9 Å². The first-order valence-electron chi connectivity index (χ1n) is 14.7. The van der Waals surface area contributed by atoms with Gasteiger partial charge in [0.2, 0.25) is 0 Å². The van der Waals surface area contributed by atoms with Gasteiger partial charge >= 0.3 is 0 Å². The average molecular weight is 564 g/mol. The van der Waals surface area contributed by atoms with Crippen LogP contribution in [-0.4, -0.2) is 24.5 Å². The Morgan fingerprint density at radius 2 is 1.14 bits per heavy atom. The van der Waals surface area contributed by atoms with Gasteiger partial charge in [-0.2, -0.15) is 0 Å². The fourth-order valence-corrected chi connectivity index (χ4v) is 6.42. The average Bonchev–Trinajstić information content (AvgIpc) is 3.65. The number of rotatable bonds is 4. The van der Waals surface area contributed by atoms with Crippen LogP contribution in [-0.2, 0) is 0 Å². The van der Waals surface area contributed by atoms with E-state index in [-0.39, 0.29) is 0 Å². The predicted molar refractivity (Wildman–Crippen MR) is 180 cm³/mol. The van der Waals surface area contributed by atoms with Gasteiger partial charge in [-0.15, -0.1) is 0 Å². The fourth-order valence-electron chi connectivity index (χ4n) is 6.42. The first-order chi connectivity index (χ1) is 21.8. The predicted octanol–water partition coefficient (Wildman–Crippen LogP) is 9.60. The van der Waals surface area contributed by atoms with E-state index in [0.717, 1.165) is 72.4 Å². The second-order valence-corrected chi connectivity index (χ2v) is 11.0. The Morgan fingerprint density at radius 3 is 1.95 bits per heavy atom.